The van der Waals surface area contributed by atoms with Crippen molar-refractivity contribution in [3.8, 4) is 5.75 Å². The molecule has 2 rings (SSSR count). The number of aromatic nitrogens is 1. The van der Waals surface area contributed by atoms with E-state index >= 15 is 0 Å². The Kier molecular flexibility index (Phi) is 5.15. The number of carbonyl (C=O) groups is 1. The first kappa shape index (κ1) is 14.8. The Balaban J connectivity index is 1.82. The van der Waals surface area contributed by atoms with Gasteiger partial charge in [0.1, 0.15) is 11.6 Å². The van der Waals surface area contributed by atoms with Gasteiger partial charge in [-0.25, -0.2) is 9.78 Å². The summed E-state index contributed by atoms with van der Waals surface area (Å²) in [7, 11) is 1.64. The monoisotopic (exact) mass is 285 g/mol. The molecule has 0 unspecified atom stereocenters. The zero-order chi connectivity index (χ0) is 15.1. The molecule has 0 bridgehead atoms. The zero-order valence-corrected chi connectivity index (χ0v) is 12.2. The van der Waals surface area contributed by atoms with Crippen molar-refractivity contribution in [2.24, 2.45) is 0 Å². The lowest BCUT2D eigenvalue weighted by molar-refractivity contribution is 0.252. The molecule has 0 fully saturated rings. The molecule has 110 valence electrons. The number of methoxy groups -OCH3 is 1. The van der Waals surface area contributed by atoms with Gasteiger partial charge in [0, 0.05) is 12.7 Å². The topological polar surface area (TPSA) is 63.2 Å². The molecule has 5 heteroatoms. The summed E-state index contributed by atoms with van der Waals surface area (Å²) in [6, 6.07) is 11.2. The maximum atomic E-state index is 11.8. The third kappa shape index (κ3) is 4.49. The summed E-state index contributed by atoms with van der Waals surface area (Å²) in [4.78, 5) is 15.9. The molecule has 0 aliphatic carbocycles. The van der Waals surface area contributed by atoms with E-state index in [4.69, 9.17) is 4.74 Å². The SMILES string of the molecule is COc1ccccc1CCNC(=O)Nc1cc(C)ccn1. The van der Waals surface area contributed by atoms with Crippen LogP contribution in [-0.4, -0.2) is 24.7 Å². The minimum absolute atomic E-state index is 0.261. The van der Waals surface area contributed by atoms with Crippen LogP contribution >= 0.6 is 0 Å². The molecule has 0 spiro atoms. The number of amides is 2. The largest absolute Gasteiger partial charge is 0.496 e. The molecule has 0 aliphatic rings. The summed E-state index contributed by atoms with van der Waals surface area (Å²) in [5.41, 5.74) is 2.11. The molecule has 21 heavy (non-hydrogen) atoms. The summed E-state index contributed by atoms with van der Waals surface area (Å²) in [5.74, 6) is 1.38. The molecule has 1 heterocycles. The maximum absolute atomic E-state index is 11.8. The highest BCUT2D eigenvalue weighted by atomic mass is 16.5. The summed E-state index contributed by atoms with van der Waals surface area (Å²) < 4.78 is 5.27. The lowest BCUT2D eigenvalue weighted by Gasteiger charge is -2.10. The number of aryl methyl sites for hydroxylation is 1. The van der Waals surface area contributed by atoms with E-state index in [2.05, 4.69) is 15.6 Å². The number of hydrogen-bond donors (Lipinski definition) is 2. The Bertz CT molecular complexity index is 614. The number of nitrogens with zero attached hydrogens (tertiary/aromatic N) is 1. The van der Waals surface area contributed by atoms with Crippen LogP contribution in [-0.2, 0) is 6.42 Å². The van der Waals surface area contributed by atoms with E-state index in [1.807, 2.05) is 43.3 Å². The van der Waals surface area contributed by atoms with Crippen LogP contribution in [0.2, 0.25) is 0 Å². The Morgan fingerprint density at radius 3 is 2.86 bits per heavy atom. The van der Waals surface area contributed by atoms with E-state index in [9.17, 15) is 4.79 Å². The number of carbonyl (C=O) groups excluding carboxylic acids is 1. The smallest absolute Gasteiger partial charge is 0.320 e. The van der Waals surface area contributed by atoms with E-state index in [0.717, 1.165) is 16.9 Å². The van der Waals surface area contributed by atoms with Crippen LogP contribution in [0.5, 0.6) is 5.75 Å². The Hall–Kier alpha value is -2.56. The molecule has 0 atom stereocenters. The first-order chi connectivity index (χ1) is 10.2. The number of anilines is 1. The molecule has 0 saturated carbocycles. The molecule has 0 radical (unpaired) electrons. The fourth-order valence-electron chi connectivity index (χ4n) is 1.99. The highest BCUT2D eigenvalue weighted by Gasteiger charge is 2.04. The number of para-hydroxylation sites is 1. The standard InChI is InChI=1S/C16H19N3O2/c1-12-7-9-17-15(11-12)19-16(20)18-10-8-13-5-3-4-6-14(13)21-2/h3-7,9,11H,8,10H2,1-2H3,(H2,17,18,19,20). The normalized spacial score (nSPS) is 10.0. The van der Waals surface area contributed by atoms with Crippen LogP contribution in [0.25, 0.3) is 0 Å². The Morgan fingerprint density at radius 2 is 2.10 bits per heavy atom. The highest BCUT2D eigenvalue weighted by Crippen LogP contribution is 2.17. The van der Waals surface area contributed by atoms with E-state index in [1.165, 1.54) is 0 Å². The highest BCUT2D eigenvalue weighted by molar-refractivity contribution is 5.88. The summed E-state index contributed by atoms with van der Waals surface area (Å²) >= 11 is 0. The third-order valence-electron chi connectivity index (χ3n) is 3.03. The van der Waals surface area contributed by atoms with Crippen molar-refractivity contribution in [2.75, 3.05) is 19.0 Å². The molecular formula is C16H19N3O2. The van der Waals surface area contributed by atoms with E-state index in [1.54, 1.807) is 13.3 Å². The van der Waals surface area contributed by atoms with Gasteiger partial charge in [-0.2, -0.15) is 0 Å². The number of benzene rings is 1. The van der Waals surface area contributed by atoms with Gasteiger partial charge < -0.3 is 10.1 Å². The summed E-state index contributed by atoms with van der Waals surface area (Å²) in [5, 5.41) is 5.51. The predicted molar refractivity (Wildman–Crippen MR) is 82.7 cm³/mol. The molecular weight excluding hydrogens is 266 g/mol. The fourth-order valence-corrected chi connectivity index (χ4v) is 1.99. The van der Waals surface area contributed by atoms with Crippen molar-refractivity contribution in [3.05, 3.63) is 53.7 Å². The van der Waals surface area contributed by atoms with Crippen molar-refractivity contribution < 1.29 is 9.53 Å². The number of ether oxygens (including phenoxy) is 1. The minimum Gasteiger partial charge on any atom is -0.496 e. The van der Waals surface area contributed by atoms with Gasteiger partial charge in [-0.1, -0.05) is 18.2 Å². The number of nitrogens with one attached hydrogen (secondary N) is 2. The molecule has 0 saturated heterocycles. The lowest BCUT2D eigenvalue weighted by Crippen LogP contribution is -2.30. The number of pyridine rings is 1. The summed E-state index contributed by atoms with van der Waals surface area (Å²) in [6.45, 7) is 2.48. The predicted octanol–water partition coefficient (Wildman–Crippen LogP) is 2.76. The molecule has 1 aromatic carbocycles. The van der Waals surface area contributed by atoms with Crippen molar-refractivity contribution in [1.82, 2.24) is 10.3 Å². The van der Waals surface area contributed by atoms with Crippen LogP contribution in [0.15, 0.2) is 42.6 Å². The average molecular weight is 285 g/mol. The van der Waals surface area contributed by atoms with Crippen LogP contribution in [0.1, 0.15) is 11.1 Å². The molecule has 2 N–H and O–H groups in total. The maximum Gasteiger partial charge on any atom is 0.320 e. The van der Waals surface area contributed by atoms with Gasteiger partial charge in [0.15, 0.2) is 0 Å². The molecule has 2 amide bonds. The van der Waals surface area contributed by atoms with Gasteiger partial charge in [0.05, 0.1) is 7.11 Å². The molecule has 0 aliphatic heterocycles. The van der Waals surface area contributed by atoms with E-state index in [-0.39, 0.29) is 6.03 Å². The quantitative estimate of drug-likeness (QED) is 0.888. The van der Waals surface area contributed by atoms with Gasteiger partial charge in [-0.05, 0) is 42.7 Å². The second-order valence-corrected chi connectivity index (χ2v) is 4.66. The van der Waals surface area contributed by atoms with Crippen LogP contribution in [0, 0.1) is 6.92 Å². The van der Waals surface area contributed by atoms with Gasteiger partial charge in [0.2, 0.25) is 0 Å². The van der Waals surface area contributed by atoms with Crippen molar-refractivity contribution in [2.45, 2.75) is 13.3 Å². The Morgan fingerprint density at radius 1 is 1.29 bits per heavy atom. The third-order valence-corrected chi connectivity index (χ3v) is 3.03. The first-order valence-corrected chi connectivity index (χ1v) is 6.78. The van der Waals surface area contributed by atoms with Gasteiger partial charge in [-0.3, -0.25) is 5.32 Å². The van der Waals surface area contributed by atoms with E-state index < -0.39 is 0 Å². The minimum atomic E-state index is -0.261. The van der Waals surface area contributed by atoms with Gasteiger partial charge in [0.25, 0.3) is 0 Å². The zero-order valence-electron chi connectivity index (χ0n) is 12.2. The second kappa shape index (κ2) is 7.28. The molecule has 2 aromatic rings. The fraction of sp³-hybridized carbons (Fsp3) is 0.250. The van der Waals surface area contributed by atoms with E-state index in [0.29, 0.717) is 18.8 Å². The van der Waals surface area contributed by atoms with Crippen LogP contribution < -0.4 is 15.4 Å². The van der Waals surface area contributed by atoms with Crippen molar-refractivity contribution in [3.63, 3.8) is 0 Å². The lowest BCUT2D eigenvalue weighted by atomic mass is 10.1. The number of hydrogen-bond acceptors (Lipinski definition) is 3. The summed E-state index contributed by atoms with van der Waals surface area (Å²) in [6.07, 6.45) is 2.37. The van der Waals surface area contributed by atoms with Gasteiger partial charge in [-0.15, -0.1) is 0 Å². The number of urea groups is 1. The van der Waals surface area contributed by atoms with Crippen LogP contribution in [0.4, 0.5) is 10.6 Å². The second-order valence-electron chi connectivity index (χ2n) is 4.66. The Labute approximate surface area is 124 Å². The van der Waals surface area contributed by atoms with Crippen molar-refractivity contribution in [1.29, 1.82) is 0 Å². The van der Waals surface area contributed by atoms with Crippen LogP contribution in [0.3, 0.4) is 0 Å². The van der Waals surface area contributed by atoms with Gasteiger partial charge >= 0.3 is 6.03 Å². The average Bonchev–Trinajstić information content (AvgIpc) is 2.47. The van der Waals surface area contributed by atoms with Crippen molar-refractivity contribution >= 4 is 11.8 Å². The first-order valence-electron chi connectivity index (χ1n) is 6.78. The molecule has 1 aromatic heterocycles. The number of rotatable bonds is 5. The molecule has 5 nitrogen and oxygen atoms in total.